The van der Waals surface area contributed by atoms with Gasteiger partial charge in [0, 0.05) is 15.8 Å². The number of thiophene rings is 1. The van der Waals surface area contributed by atoms with Gasteiger partial charge in [-0.1, -0.05) is 20.3 Å². The summed E-state index contributed by atoms with van der Waals surface area (Å²) in [6.07, 6.45) is 3.70. The molecule has 1 N–H and O–H groups in total. The van der Waals surface area contributed by atoms with Crippen molar-refractivity contribution < 1.29 is 0 Å². The van der Waals surface area contributed by atoms with Gasteiger partial charge in [-0.2, -0.15) is 0 Å². The maximum atomic E-state index is 3.55. The molecule has 0 aliphatic heterocycles. The van der Waals surface area contributed by atoms with Crippen molar-refractivity contribution in [2.45, 2.75) is 46.1 Å². The minimum atomic E-state index is 0.520. The molecular weight excluding hydrogens is 190 g/mol. The van der Waals surface area contributed by atoms with Crippen molar-refractivity contribution in [3.05, 3.63) is 21.9 Å². The van der Waals surface area contributed by atoms with Crippen molar-refractivity contribution in [2.24, 2.45) is 0 Å². The Labute approximate surface area is 91.5 Å². The highest BCUT2D eigenvalue weighted by Crippen LogP contribution is 2.23. The van der Waals surface area contributed by atoms with Crippen molar-refractivity contribution in [1.29, 1.82) is 0 Å². The van der Waals surface area contributed by atoms with E-state index in [0.717, 1.165) is 13.0 Å². The summed E-state index contributed by atoms with van der Waals surface area (Å²) in [4.78, 5) is 2.96. The molecule has 0 fully saturated rings. The van der Waals surface area contributed by atoms with Gasteiger partial charge in [0.2, 0.25) is 0 Å². The van der Waals surface area contributed by atoms with Crippen LogP contribution >= 0.6 is 11.3 Å². The third-order valence-electron chi connectivity index (χ3n) is 2.44. The summed E-state index contributed by atoms with van der Waals surface area (Å²) in [6.45, 7) is 7.83. The van der Waals surface area contributed by atoms with Crippen LogP contribution < -0.4 is 5.32 Å². The third kappa shape index (κ3) is 3.43. The molecule has 1 heterocycles. The number of unbranched alkanes of at least 4 members (excludes halogenated alkanes) is 1. The Bertz CT molecular complexity index is 255. The van der Waals surface area contributed by atoms with Crippen LogP contribution in [0.4, 0.5) is 0 Å². The molecular formula is C12H21NS. The highest BCUT2D eigenvalue weighted by Gasteiger charge is 2.06. The molecule has 0 bridgehead atoms. The highest BCUT2D eigenvalue weighted by atomic mass is 32.1. The molecule has 0 aromatic carbocycles. The van der Waals surface area contributed by atoms with Crippen LogP contribution in [-0.4, -0.2) is 6.54 Å². The predicted molar refractivity (Wildman–Crippen MR) is 65.0 cm³/mol. The topological polar surface area (TPSA) is 12.0 Å². The summed E-state index contributed by atoms with van der Waals surface area (Å²) in [5.41, 5.74) is 0. The number of hydrogen-bond donors (Lipinski definition) is 1. The first-order valence-electron chi connectivity index (χ1n) is 5.59. The average molecular weight is 211 g/mol. The van der Waals surface area contributed by atoms with E-state index in [-0.39, 0.29) is 0 Å². The summed E-state index contributed by atoms with van der Waals surface area (Å²) in [6, 6.07) is 5.03. The van der Waals surface area contributed by atoms with Gasteiger partial charge in [0.15, 0.2) is 0 Å². The molecule has 0 aliphatic carbocycles. The van der Waals surface area contributed by atoms with Gasteiger partial charge in [-0.25, -0.2) is 0 Å². The molecule has 2 heteroatoms. The number of nitrogens with one attached hydrogen (secondary N) is 1. The fourth-order valence-corrected chi connectivity index (χ4v) is 2.39. The van der Waals surface area contributed by atoms with E-state index in [4.69, 9.17) is 0 Å². The average Bonchev–Trinajstić information content (AvgIpc) is 2.66. The normalized spacial score (nSPS) is 13.1. The van der Waals surface area contributed by atoms with Crippen LogP contribution in [0, 0.1) is 0 Å². The third-order valence-corrected chi connectivity index (χ3v) is 3.85. The van der Waals surface area contributed by atoms with E-state index in [1.54, 1.807) is 0 Å². The molecule has 14 heavy (non-hydrogen) atoms. The first-order valence-corrected chi connectivity index (χ1v) is 6.41. The molecule has 0 aliphatic rings. The number of aryl methyl sites for hydroxylation is 1. The van der Waals surface area contributed by atoms with Gasteiger partial charge >= 0.3 is 0 Å². The summed E-state index contributed by atoms with van der Waals surface area (Å²) in [7, 11) is 0. The highest BCUT2D eigenvalue weighted by molar-refractivity contribution is 7.12. The van der Waals surface area contributed by atoms with E-state index in [9.17, 15) is 0 Å². The lowest BCUT2D eigenvalue weighted by Crippen LogP contribution is -2.18. The van der Waals surface area contributed by atoms with Crippen LogP contribution in [0.1, 0.15) is 49.4 Å². The van der Waals surface area contributed by atoms with E-state index in [0.29, 0.717) is 6.04 Å². The predicted octanol–water partition coefficient (Wildman–Crippen LogP) is 3.76. The molecule has 1 atom stereocenters. The lowest BCUT2D eigenvalue weighted by molar-refractivity contribution is 0.561. The van der Waals surface area contributed by atoms with Gasteiger partial charge in [0.25, 0.3) is 0 Å². The van der Waals surface area contributed by atoms with Crippen LogP contribution in [0.3, 0.4) is 0 Å². The Hall–Kier alpha value is -0.340. The lowest BCUT2D eigenvalue weighted by Gasteiger charge is -2.11. The zero-order valence-electron chi connectivity index (χ0n) is 9.47. The van der Waals surface area contributed by atoms with Crippen molar-refractivity contribution in [3.63, 3.8) is 0 Å². The van der Waals surface area contributed by atoms with Crippen molar-refractivity contribution in [1.82, 2.24) is 5.32 Å². The standard InChI is InChI=1S/C12H21NS/c1-4-6-9-13-10(3)12-8-7-11(5-2)14-12/h7-8,10,13H,4-6,9H2,1-3H3. The molecule has 1 rings (SSSR count). The second-order valence-electron chi connectivity index (χ2n) is 3.69. The quantitative estimate of drug-likeness (QED) is 0.706. The number of rotatable bonds is 6. The summed E-state index contributed by atoms with van der Waals surface area (Å²) < 4.78 is 0. The molecule has 0 spiro atoms. The SMILES string of the molecule is CCCCNC(C)c1ccc(CC)s1. The Morgan fingerprint density at radius 3 is 2.71 bits per heavy atom. The summed E-state index contributed by atoms with van der Waals surface area (Å²) in [5, 5.41) is 3.55. The fraction of sp³-hybridized carbons (Fsp3) is 0.667. The van der Waals surface area contributed by atoms with Gasteiger partial charge in [-0.3, -0.25) is 0 Å². The van der Waals surface area contributed by atoms with E-state index in [1.807, 2.05) is 11.3 Å². The Kier molecular flexibility index (Phi) is 5.20. The molecule has 1 nitrogen and oxygen atoms in total. The monoisotopic (exact) mass is 211 g/mol. The van der Waals surface area contributed by atoms with Crippen LogP contribution in [-0.2, 0) is 6.42 Å². The van der Waals surface area contributed by atoms with Gasteiger partial charge in [-0.05, 0) is 38.4 Å². The largest absolute Gasteiger partial charge is 0.309 e. The van der Waals surface area contributed by atoms with Crippen LogP contribution in [0.15, 0.2) is 12.1 Å². The second-order valence-corrected chi connectivity index (χ2v) is 4.89. The van der Waals surface area contributed by atoms with Crippen LogP contribution in [0.2, 0.25) is 0 Å². The molecule has 0 amide bonds. The van der Waals surface area contributed by atoms with Crippen LogP contribution in [0.25, 0.3) is 0 Å². The maximum absolute atomic E-state index is 3.55. The minimum Gasteiger partial charge on any atom is -0.309 e. The summed E-state index contributed by atoms with van der Waals surface area (Å²) in [5.74, 6) is 0. The molecule has 1 unspecified atom stereocenters. The molecule has 0 saturated heterocycles. The van der Waals surface area contributed by atoms with Crippen molar-refractivity contribution in [2.75, 3.05) is 6.54 Å². The molecule has 0 saturated carbocycles. The molecule has 1 aromatic heterocycles. The minimum absolute atomic E-state index is 0.520. The number of hydrogen-bond acceptors (Lipinski definition) is 2. The van der Waals surface area contributed by atoms with E-state index >= 15 is 0 Å². The lowest BCUT2D eigenvalue weighted by atomic mass is 10.2. The van der Waals surface area contributed by atoms with Crippen LogP contribution in [0.5, 0.6) is 0 Å². The zero-order chi connectivity index (χ0) is 10.4. The van der Waals surface area contributed by atoms with Gasteiger partial charge < -0.3 is 5.32 Å². The van der Waals surface area contributed by atoms with E-state index in [1.165, 1.54) is 22.6 Å². The maximum Gasteiger partial charge on any atom is 0.0386 e. The Morgan fingerprint density at radius 2 is 2.14 bits per heavy atom. The zero-order valence-corrected chi connectivity index (χ0v) is 10.3. The summed E-state index contributed by atoms with van der Waals surface area (Å²) >= 11 is 1.94. The second kappa shape index (κ2) is 6.20. The van der Waals surface area contributed by atoms with Gasteiger partial charge in [0.1, 0.15) is 0 Å². The molecule has 1 aromatic rings. The van der Waals surface area contributed by atoms with E-state index < -0.39 is 0 Å². The Morgan fingerprint density at radius 1 is 1.36 bits per heavy atom. The Balaban J connectivity index is 2.39. The van der Waals surface area contributed by atoms with Gasteiger partial charge in [-0.15, -0.1) is 11.3 Å². The van der Waals surface area contributed by atoms with Crippen molar-refractivity contribution in [3.8, 4) is 0 Å². The van der Waals surface area contributed by atoms with Crippen molar-refractivity contribution >= 4 is 11.3 Å². The first kappa shape index (κ1) is 11.7. The van der Waals surface area contributed by atoms with E-state index in [2.05, 4.69) is 38.2 Å². The smallest absolute Gasteiger partial charge is 0.0386 e. The molecule has 80 valence electrons. The van der Waals surface area contributed by atoms with Gasteiger partial charge in [0.05, 0.1) is 0 Å². The fourth-order valence-electron chi connectivity index (χ4n) is 1.41. The molecule has 0 radical (unpaired) electrons. The first-order chi connectivity index (χ1) is 6.77.